The molecule has 0 atom stereocenters. The summed E-state index contributed by atoms with van der Waals surface area (Å²) in [7, 11) is -0.543. The van der Waals surface area contributed by atoms with Gasteiger partial charge in [-0.3, -0.25) is 9.52 Å². The minimum absolute atomic E-state index is 0.0424. The van der Waals surface area contributed by atoms with Crippen LogP contribution in [0.15, 0.2) is 53.4 Å². The lowest BCUT2D eigenvalue weighted by atomic mass is 10.2. The zero-order valence-corrected chi connectivity index (χ0v) is 13.5. The highest BCUT2D eigenvalue weighted by Gasteiger charge is 2.15. The fourth-order valence-electron chi connectivity index (χ4n) is 1.90. The molecule has 0 aromatic heterocycles. The standard InChI is InChI=1S/C16H15N3O3S/c1-19(2)16(20)13-4-3-5-14(10-13)18-23(21,22)15-8-6-12(11-17)7-9-15/h3-10,18H,1-2H3. The molecule has 23 heavy (non-hydrogen) atoms. The molecule has 0 saturated carbocycles. The molecule has 6 nitrogen and oxygen atoms in total. The van der Waals surface area contributed by atoms with Crippen LogP contribution < -0.4 is 4.72 Å². The molecule has 0 unspecified atom stereocenters. The van der Waals surface area contributed by atoms with Gasteiger partial charge in [0.15, 0.2) is 0 Å². The van der Waals surface area contributed by atoms with E-state index in [1.165, 1.54) is 35.2 Å². The third kappa shape index (κ3) is 3.87. The number of nitrogens with zero attached hydrogens (tertiary/aromatic N) is 2. The Morgan fingerprint density at radius 3 is 2.35 bits per heavy atom. The first kappa shape index (κ1) is 16.5. The van der Waals surface area contributed by atoms with Crippen molar-refractivity contribution in [2.75, 3.05) is 18.8 Å². The molecule has 2 aromatic rings. The van der Waals surface area contributed by atoms with Crippen molar-refractivity contribution in [3.63, 3.8) is 0 Å². The summed E-state index contributed by atoms with van der Waals surface area (Å²) < 4.78 is 27.1. The second-order valence-corrected chi connectivity index (χ2v) is 6.70. The van der Waals surface area contributed by atoms with Crippen LogP contribution in [0, 0.1) is 11.3 Å². The Hall–Kier alpha value is -2.85. The fraction of sp³-hybridized carbons (Fsp3) is 0.125. The smallest absolute Gasteiger partial charge is 0.261 e. The van der Waals surface area contributed by atoms with Gasteiger partial charge in [-0.05, 0) is 42.5 Å². The third-order valence-electron chi connectivity index (χ3n) is 3.06. The van der Waals surface area contributed by atoms with Crippen molar-refractivity contribution >= 4 is 21.6 Å². The van der Waals surface area contributed by atoms with E-state index in [9.17, 15) is 13.2 Å². The lowest BCUT2D eigenvalue weighted by molar-refractivity contribution is 0.0827. The Morgan fingerprint density at radius 1 is 1.13 bits per heavy atom. The van der Waals surface area contributed by atoms with Gasteiger partial charge >= 0.3 is 0 Å². The molecule has 0 spiro atoms. The summed E-state index contributed by atoms with van der Waals surface area (Å²) in [5.41, 5.74) is 1.06. The normalized spacial score (nSPS) is 10.7. The molecular formula is C16H15N3O3S. The molecule has 0 aliphatic heterocycles. The second-order valence-electron chi connectivity index (χ2n) is 5.02. The van der Waals surface area contributed by atoms with Crippen LogP contribution in [0.2, 0.25) is 0 Å². The lowest BCUT2D eigenvalue weighted by Gasteiger charge is -2.12. The molecule has 1 amide bonds. The van der Waals surface area contributed by atoms with Gasteiger partial charge in [-0.25, -0.2) is 8.42 Å². The van der Waals surface area contributed by atoms with E-state index in [-0.39, 0.29) is 10.8 Å². The third-order valence-corrected chi connectivity index (χ3v) is 4.46. The number of rotatable bonds is 4. The Kier molecular flexibility index (Phi) is 4.67. The van der Waals surface area contributed by atoms with E-state index in [0.717, 1.165) is 0 Å². The number of amides is 1. The molecular weight excluding hydrogens is 314 g/mol. The van der Waals surface area contributed by atoms with Crippen molar-refractivity contribution in [3.8, 4) is 6.07 Å². The van der Waals surface area contributed by atoms with E-state index in [2.05, 4.69) is 4.72 Å². The first-order chi connectivity index (χ1) is 10.8. The quantitative estimate of drug-likeness (QED) is 0.929. The fourth-order valence-corrected chi connectivity index (χ4v) is 2.95. The Labute approximate surface area is 135 Å². The van der Waals surface area contributed by atoms with Crippen LogP contribution in [-0.2, 0) is 10.0 Å². The maximum Gasteiger partial charge on any atom is 0.261 e. The Balaban J connectivity index is 2.28. The average molecular weight is 329 g/mol. The molecule has 2 rings (SSSR count). The van der Waals surface area contributed by atoms with E-state index in [0.29, 0.717) is 16.8 Å². The molecule has 0 aliphatic carbocycles. The number of nitriles is 1. The van der Waals surface area contributed by atoms with Gasteiger partial charge in [0.25, 0.3) is 15.9 Å². The largest absolute Gasteiger partial charge is 0.345 e. The van der Waals surface area contributed by atoms with E-state index in [4.69, 9.17) is 5.26 Å². The van der Waals surface area contributed by atoms with Crippen molar-refractivity contribution in [3.05, 3.63) is 59.7 Å². The van der Waals surface area contributed by atoms with Crippen LogP contribution in [0.4, 0.5) is 5.69 Å². The summed E-state index contributed by atoms with van der Waals surface area (Å²) in [6, 6.07) is 13.8. The summed E-state index contributed by atoms with van der Waals surface area (Å²) in [6.45, 7) is 0. The van der Waals surface area contributed by atoms with Gasteiger partial charge in [0.05, 0.1) is 16.5 Å². The maximum absolute atomic E-state index is 12.3. The van der Waals surface area contributed by atoms with Crippen molar-refractivity contribution in [2.45, 2.75) is 4.90 Å². The number of anilines is 1. The SMILES string of the molecule is CN(C)C(=O)c1cccc(NS(=O)(=O)c2ccc(C#N)cc2)c1. The van der Waals surface area contributed by atoms with Gasteiger partial charge in [0, 0.05) is 25.3 Å². The van der Waals surface area contributed by atoms with Gasteiger partial charge in [-0.15, -0.1) is 0 Å². The van der Waals surface area contributed by atoms with Crippen LogP contribution in [0.25, 0.3) is 0 Å². The minimum Gasteiger partial charge on any atom is -0.345 e. The van der Waals surface area contributed by atoms with Crippen molar-refractivity contribution in [2.24, 2.45) is 0 Å². The molecule has 0 aliphatic rings. The molecule has 0 heterocycles. The highest BCUT2D eigenvalue weighted by Crippen LogP contribution is 2.18. The molecule has 0 fully saturated rings. The Morgan fingerprint density at radius 2 is 1.78 bits per heavy atom. The summed E-state index contributed by atoms with van der Waals surface area (Å²) in [5, 5.41) is 8.74. The van der Waals surface area contributed by atoms with E-state index in [1.807, 2.05) is 6.07 Å². The number of carbonyl (C=O) groups is 1. The number of nitrogens with one attached hydrogen (secondary N) is 1. The number of hydrogen-bond donors (Lipinski definition) is 1. The summed E-state index contributed by atoms with van der Waals surface area (Å²) in [4.78, 5) is 13.4. The van der Waals surface area contributed by atoms with E-state index >= 15 is 0 Å². The van der Waals surface area contributed by atoms with E-state index < -0.39 is 10.0 Å². The molecule has 0 radical (unpaired) electrons. The number of carbonyl (C=O) groups excluding carboxylic acids is 1. The summed E-state index contributed by atoms with van der Waals surface area (Å²) >= 11 is 0. The van der Waals surface area contributed by atoms with Gasteiger partial charge in [0.2, 0.25) is 0 Å². The van der Waals surface area contributed by atoms with Crippen molar-refractivity contribution < 1.29 is 13.2 Å². The Bertz CT molecular complexity index is 866. The number of hydrogen-bond acceptors (Lipinski definition) is 4. The number of benzene rings is 2. The van der Waals surface area contributed by atoms with Crippen LogP contribution in [0.3, 0.4) is 0 Å². The van der Waals surface area contributed by atoms with Crippen molar-refractivity contribution in [1.29, 1.82) is 5.26 Å². The van der Waals surface area contributed by atoms with Gasteiger partial charge in [-0.1, -0.05) is 6.07 Å². The first-order valence-corrected chi connectivity index (χ1v) is 8.16. The average Bonchev–Trinajstić information content (AvgIpc) is 2.54. The summed E-state index contributed by atoms with van der Waals surface area (Å²) in [6.07, 6.45) is 0. The highest BCUT2D eigenvalue weighted by molar-refractivity contribution is 7.92. The molecule has 2 aromatic carbocycles. The van der Waals surface area contributed by atoms with Crippen LogP contribution in [0.1, 0.15) is 15.9 Å². The number of sulfonamides is 1. The second kappa shape index (κ2) is 6.50. The van der Waals surface area contributed by atoms with Crippen LogP contribution in [-0.4, -0.2) is 33.3 Å². The highest BCUT2D eigenvalue weighted by atomic mass is 32.2. The maximum atomic E-state index is 12.3. The minimum atomic E-state index is -3.79. The van der Waals surface area contributed by atoms with Crippen LogP contribution in [0.5, 0.6) is 0 Å². The molecule has 0 bridgehead atoms. The zero-order chi connectivity index (χ0) is 17.0. The zero-order valence-electron chi connectivity index (χ0n) is 12.6. The van der Waals surface area contributed by atoms with Gasteiger partial charge in [-0.2, -0.15) is 5.26 Å². The predicted molar refractivity (Wildman–Crippen MR) is 86.4 cm³/mol. The topological polar surface area (TPSA) is 90.3 Å². The van der Waals surface area contributed by atoms with Gasteiger partial charge in [0.1, 0.15) is 0 Å². The first-order valence-electron chi connectivity index (χ1n) is 6.68. The van der Waals surface area contributed by atoms with E-state index in [1.54, 1.807) is 32.3 Å². The lowest BCUT2D eigenvalue weighted by Crippen LogP contribution is -2.22. The molecule has 118 valence electrons. The van der Waals surface area contributed by atoms with Crippen LogP contribution >= 0.6 is 0 Å². The monoisotopic (exact) mass is 329 g/mol. The molecule has 0 saturated heterocycles. The molecule has 1 N–H and O–H groups in total. The van der Waals surface area contributed by atoms with Gasteiger partial charge < -0.3 is 4.90 Å². The molecule has 7 heteroatoms. The summed E-state index contributed by atoms with van der Waals surface area (Å²) in [5.74, 6) is -0.218. The predicted octanol–water partition coefficient (Wildman–Crippen LogP) is 2.06. The van der Waals surface area contributed by atoms with Crippen molar-refractivity contribution in [1.82, 2.24) is 4.90 Å².